The van der Waals surface area contributed by atoms with Gasteiger partial charge in [0.25, 0.3) is 0 Å². The third-order valence-electron chi connectivity index (χ3n) is 3.30. The highest BCUT2D eigenvalue weighted by atomic mass is 32.1. The second-order valence-corrected chi connectivity index (χ2v) is 5.74. The van der Waals surface area contributed by atoms with Crippen LogP contribution >= 0.6 is 11.3 Å². The molecule has 0 aliphatic carbocycles. The van der Waals surface area contributed by atoms with Gasteiger partial charge in [-0.2, -0.15) is 4.68 Å². The summed E-state index contributed by atoms with van der Waals surface area (Å²) in [5.74, 6) is 1.28. The molecular weight excluding hydrogens is 298 g/mol. The summed E-state index contributed by atoms with van der Waals surface area (Å²) in [5, 5.41) is 17.9. The molecule has 0 aliphatic heterocycles. The summed E-state index contributed by atoms with van der Waals surface area (Å²) in [5.41, 5.74) is 2.85. The van der Waals surface area contributed by atoms with Crippen molar-refractivity contribution in [3.63, 3.8) is 0 Å². The first-order valence-corrected chi connectivity index (χ1v) is 7.55. The summed E-state index contributed by atoms with van der Waals surface area (Å²) in [7, 11) is 0. The number of tetrazole rings is 1. The first-order valence-electron chi connectivity index (χ1n) is 6.67. The van der Waals surface area contributed by atoms with Gasteiger partial charge in [0.05, 0.1) is 22.3 Å². The van der Waals surface area contributed by atoms with Crippen LogP contribution < -0.4 is 0 Å². The molecule has 0 bridgehead atoms. The molecule has 0 atom stereocenters. The summed E-state index contributed by atoms with van der Waals surface area (Å²) in [6.07, 6.45) is 1.64. The summed E-state index contributed by atoms with van der Waals surface area (Å²) < 4.78 is 7.08. The predicted octanol–water partition coefficient (Wildman–Crippen LogP) is 3.35. The molecular formula is C15H11N5OS. The van der Waals surface area contributed by atoms with Crippen molar-refractivity contribution in [2.45, 2.75) is 6.92 Å². The van der Waals surface area contributed by atoms with E-state index < -0.39 is 0 Å². The Hall–Kier alpha value is -2.80. The molecule has 0 radical (unpaired) electrons. The van der Waals surface area contributed by atoms with Crippen molar-refractivity contribution in [1.82, 2.24) is 25.4 Å². The van der Waals surface area contributed by atoms with Gasteiger partial charge >= 0.3 is 0 Å². The number of benzene rings is 1. The fraction of sp³-hybridized carbons (Fsp3) is 0.0667. The largest absolute Gasteiger partial charge is 0.355 e. The first kappa shape index (κ1) is 12.9. The van der Waals surface area contributed by atoms with Crippen molar-refractivity contribution < 1.29 is 4.52 Å². The summed E-state index contributed by atoms with van der Waals surface area (Å²) in [4.78, 5) is 0.992. The maximum absolute atomic E-state index is 5.39. The van der Waals surface area contributed by atoms with E-state index in [1.807, 2.05) is 48.7 Å². The Morgan fingerprint density at radius 3 is 2.77 bits per heavy atom. The van der Waals surface area contributed by atoms with Crippen molar-refractivity contribution >= 4 is 11.3 Å². The van der Waals surface area contributed by atoms with Crippen molar-refractivity contribution in [1.29, 1.82) is 0 Å². The lowest BCUT2D eigenvalue weighted by atomic mass is 10.2. The second-order valence-electron chi connectivity index (χ2n) is 4.80. The minimum absolute atomic E-state index is 0.605. The summed E-state index contributed by atoms with van der Waals surface area (Å²) in [6, 6.07) is 12.0. The van der Waals surface area contributed by atoms with Crippen LogP contribution in [0, 0.1) is 6.92 Å². The zero-order valence-electron chi connectivity index (χ0n) is 11.7. The van der Waals surface area contributed by atoms with Gasteiger partial charge in [0.1, 0.15) is 0 Å². The molecule has 0 aliphatic rings. The molecule has 0 unspecified atom stereocenters. The van der Waals surface area contributed by atoms with E-state index in [-0.39, 0.29) is 0 Å². The van der Waals surface area contributed by atoms with E-state index in [9.17, 15) is 0 Å². The molecule has 0 saturated heterocycles. The number of rotatable bonds is 3. The van der Waals surface area contributed by atoms with Gasteiger partial charge in [-0.15, -0.1) is 16.4 Å². The van der Waals surface area contributed by atoms with Crippen LogP contribution in [-0.2, 0) is 0 Å². The van der Waals surface area contributed by atoms with Crippen LogP contribution in [-0.4, -0.2) is 25.4 Å². The van der Waals surface area contributed by atoms with Crippen LogP contribution in [0.2, 0.25) is 0 Å². The van der Waals surface area contributed by atoms with Crippen molar-refractivity contribution in [2.75, 3.05) is 0 Å². The Morgan fingerprint density at radius 2 is 2.00 bits per heavy atom. The van der Waals surface area contributed by atoms with Gasteiger partial charge in [-0.25, -0.2) is 0 Å². The van der Waals surface area contributed by atoms with Crippen LogP contribution in [0.1, 0.15) is 5.56 Å². The van der Waals surface area contributed by atoms with Crippen LogP contribution in [0.4, 0.5) is 0 Å². The maximum Gasteiger partial charge on any atom is 0.192 e. The van der Waals surface area contributed by atoms with E-state index >= 15 is 0 Å². The lowest BCUT2D eigenvalue weighted by molar-refractivity contribution is 0.433. The molecule has 6 nitrogen and oxygen atoms in total. The Bertz CT molecular complexity index is 892. The molecule has 4 aromatic rings. The number of hydrogen-bond donors (Lipinski definition) is 0. The number of aromatic nitrogens is 5. The zero-order chi connectivity index (χ0) is 14.9. The second kappa shape index (κ2) is 5.19. The van der Waals surface area contributed by atoms with Gasteiger partial charge in [0.15, 0.2) is 11.6 Å². The third-order valence-corrected chi connectivity index (χ3v) is 4.17. The molecule has 108 valence electrons. The summed E-state index contributed by atoms with van der Waals surface area (Å²) in [6.45, 7) is 2.04. The highest BCUT2D eigenvalue weighted by Crippen LogP contribution is 2.33. The van der Waals surface area contributed by atoms with E-state index in [1.165, 1.54) is 5.56 Å². The average Bonchev–Trinajstić information content (AvgIpc) is 3.27. The van der Waals surface area contributed by atoms with Gasteiger partial charge in [0, 0.05) is 0 Å². The lowest BCUT2D eigenvalue weighted by Crippen LogP contribution is -1.99. The molecule has 0 amide bonds. The highest BCUT2D eigenvalue weighted by Gasteiger charge is 2.20. The standard InChI is InChI=1S/C15H11N5OS/c1-10-4-6-11(7-5-10)20-15(17-18-19-20)12-9-16-21-14(12)13-3-2-8-22-13/h2-9H,1H3. The molecule has 3 heterocycles. The maximum atomic E-state index is 5.39. The Balaban J connectivity index is 1.84. The molecule has 3 aromatic heterocycles. The smallest absolute Gasteiger partial charge is 0.192 e. The topological polar surface area (TPSA) is 69.6 Å². The lowest BCUT2D eigenvalue weighted by Gasteiger charge is -2.04. The van der Waals surface area contributed by atoms with Crippen LogP contribution in [0.3, 0.4) is 0 Å². The molecule has 0 saturated carbocycles. The molecule has 0 N–H and O–H groups in total. The highest BCUT2D eigenvalue weighted by molar-refractivity contribution is 7.13. The molecule has 0 spiro atoms. The fourth-order valence-electron chi connectivity index (χ4n) is 2.20. The van der Waals surface area contributed by atoms with Crippen LogP contribution in [0.5, 0.6) is 0 Å². The monoisotopic (exact) mass is 309 g/mol. The number of thiophene rings is 1. The van der Waals surface area contributed by atoms with Crippen LogP contribution in [0.15, 0.2) is 52.5 Å². The average molecular weight is 309 g/mol. The van der Waals surface area contributed by atoms with Crippen molar-refractivity contribution in [3.05, 3.63) is 53.5 Å². The minimum Gasteiger partial charge on any atom is -0.355 e. The Labute approximate surface area is 130 Å². The minimum atomic E-state index is 0.605. The Morgan fingerprint density at radius 1 is 1.14 bits per heavy atom. The van der Waals surface area contributed by atoms with Crippen molar-refractivity contribution in [2.24, 2.45) is 0 Å². The predicted molar refractivity (Wildman–Crippen MR) is 82.7 cm³/mol. The number of hydrogen-bond acceptors (Lipinski definition) is 6. The summed E-state index contributed by atoms with van der Waals surface area (Å²) >= 11 is 1.58. The van der Waals surface area contributed by atoms with Crippen LogP contribution in [0.25, 0.3) is 27.7 Å². The van der Waals surface area contributed by atoms with E-state index in [1.54, 1.807) is 22.2 Å². The van der Waals surface area contributed by atoms with Gasteiger partial charge in [0.2, 0.25) is 0 Å². The van der Waals surface area contributed by atoms with Gasteiger partial charge < -0.3 is 4.52 Å². The Kier molecular flexibility index (Phi) is 3.05. The van der Waals surface area contributed by atoms with E-state index in [0.717, 1.165) is 16.1 Å². The molecule has 0 fully saturated rings. The molecule has 1 aromatic carbocycles. The zero-order valence-corrected chi connectivity index (χ0v) is 12.5. The van der Waals surface area contributed by atoms with E-state index in [0.29, 0.717) is 11.6 Å². The van der Waals surface area contributed by atoms with E-state index in [2.05, 4.69) is 20.7 Å². The van der Waals surface area contributed by atoms with Crippen molar-refractivity contribution in [3.8, 4) is 27.7 Å². The van der Waals surface area contributed by atoms with Gasteiger partial charge in [-0.3, -0.25) is 0 Å². The van der Waals surface area contributed by atoms with Gasteiger partial charge in [-0.1, -0.05) is 28.9 Å². The number of aryl methyl sites for hydroxylation is 1. The fourth-order valence-corrected chi connectivity index (χ4v) is 2.91. The molecule has 22 heavy (non-hydrogen) atoms. The quantitative estimate of drug-likeness (QED) is 0.580. The first-order chi connectivity index (χ1) is 10.8. The normalized spacial score (nSPS) is 11.0. The SMILES string of the molecule is Cc1ccc(-n2nnnc2-c2cnoc2-c2cccs2)cc1. The third kappa shape index (κ3) is 2.11. The van der Waals surface area contributed by atoms with Gasteiger partial charge in [-0.05, 0) is 40.9 Å². The molecule has 7 heteroatoms. The van der Waals surface area contributed by atoms with E-state index in [4.69, 9.17) is 4.52 Å². The number of nitrogens with zero attached hydrogens (tertiary/aromatic N) is 5. The molecule has 4 rings (SSSR count).